The molecule has 0 aromatic heterocycles. The molecule has 1 aromatic rings. The van der Waals surface area contributed by atoms with E-state index in [-0.39, 0.29) is 5.82 Å². The number of hydrogen-bond donors (Lipinski definition) is 1. The number of ether oxygens (including phenoxy) is 1. The summed E-state index contributed by atoms with van der Waals surface area (Å²) in [7, 11) is 0. The van der Waals surface area contributed by atoms with E-state index in [1.165, 1.54) is 6.07 Å². The highest BCUT2D eigenvalue weighted by Gasteiger charge is 2.46. The van der Waals surface area contributed by atoms with Gasteiger partial charge in [-0.25, -0.2) is 8.78 Å². The van der Waals surface area contributed by atoms with Crippen LogP contribution in [0.25, 0.3) is 0 Å². The van der Waals surface area contributed by atoms with Gasteiger partial charge in [0.05, 0.1) is 6.10 Å². The Morgan fingerprint density at radius 2 is 2.25 bits per heavy atom. The largest absolute Gasteiger partial charge is 0.390 e. The third kappa shape index (κ3) is 2.57. The highest BCUT2D eigenvalue weighted by atomic mass is 19.1. The van der Waals surface area contributed by atoms with Gasteiger partial charge in [0, 0.05) is 31.8 Å². The van der Waals surface area contributed by atoms with Gasteiger partial charge in [0.25, 0.3) is 0 Å². The molecule has 2 aliphatic heterocycles. The Hall–Kier alpha value is -1.04. The standard InChI is InChI=1S/C15H19F2NO2/c16-12-2-3-13(17)11(8-12)9-18-6-4-14(19)15(10-18)5-1-7-20-15/h2-3,8,14,19H,1,4-7,9-10H2/t14-,15-/m0/s1. The van der Waals surface area contributed by atoms with E-state index < -0.39 is 17.5 Å². The highest BCUT2D eigenvalue weighted by molar-refractivity contribution is 5.19. The number of aliphatic hydroxyl groups excluding tert-OH is 1. The van der Waals surface area contributed by atoms with E-state index in [4.69, 9.17) is 4.74 Å². The SMILES string of the molecule is O[C@H]1CCN(Cc2cc(F)ccc2F)C[C@@]12CCCO2. The van der Waals surface area contributed by atoms with Gasteiger partial charge in [0.15, 0.2) is 0 Å². The first-order chi connectivity index (χ1) is 9.59. The molecule has 1 spiro atoms. The lowest BCUT2D eigenvalue weighted by Crippen LogP contribution is -2.56. The van der Waals surface area contributed by atoms with E-state index >= 15 is 0 Å². The monoisotopic (exact) mass is 283 g/mol. The van der Waals surface area contributed by atoms with Gasteiger partial charge in [-0.2, -0.15) is 0 Å². The smallest absolute Gasteiger partial charge is 0.127 e. The zero-order valence-corrected chi connectivity index (χ0v) is 11.3. The van der Waals surface area contributed by atoms with Gasteiger partial charge in [0.2, 0.25) is 0 Å². The minimum absolute atomic E-state index is 0.349. The molecule has 2 heterocycles. The molecule has 3 nitrogen and oxygen atoms in total. The predicted molar refractivity (Wildman–Crippen MR) is 70.2 cm³/mol. The zero-order valence-electron chi connectivity index (χ0n) is 11.3. The average Bonchev–Trinajstić information content (AvgIpc) is 2.88. The van der Waals surface area contributed by atoms with E-state index in [1.807, 2.05) is 4.90 Å². The van der Waals surface area contributed by atoms with Gasteiger partial charge in [-0.05, 0) is 37.5 Å². The molecule has 1 aromatic carbocycles. The fourth-order valence-corrected chi connectivity index (χ4v) is 3.28. The van der Waals surface area contributed by atoms with E-state index in [1.54, 1.807) is 0 Å². The molecular weight excluding hydrogens is 264 g/mol. The summed E-state index contributed by atoms with van der Waals surface area (Å²) in [5.74, 6) is -0.816. The van der Waals surface area contributed by atoms with Crippen LogP contribution >= 0.6 is 0 Å². The molecule has 0 amide bonds. The maximum absolute atomic E-state index is 13.7. The fourth-order valence-electron chi connectivity index (χ4n) is 3.28. The molecule has 2 fully saturated rings. The van der Waals surface area contributed by atoms with Crippen molar-refractivity contribution in [2.45, 2.75) is 37.5 Å². The molecule has 2 saturated heterocycles. The zero-order chi connectivity index (χ0) is 14.2. The van der Waals surface area contributed by atoms with Gasteiger partial charge in [-0.15, -0.1) is 0 Å². The topological polar surface area (TPSA) is 32.7 Å². The highest BCUT2D eigenvalue weighted by Crippen LogP contribution is 2.35. The lowest BCUT2D eigenvalue weighted by molar-refractivity contribution is -0.132. The van der Waals surface area contributed by atoms with Gasteiger partial charge in [-0.3, -0.25) is 4.90 Å². The minimum Gasteiger partial charge on any atom is -0.390 e. The summed E-state index contributed by atoms with van der Waals surface area (Å²) in [4.78, 5) is 2.04. The number of rotatable bonds is 2. The Kier molecular flexibility index (Phi) is 3.75. The Labute approximate surface area is 117 Å². The van der Waals surface area contributed by atoms with Crippen LogP contribution in [0.2, 0.25) is 0 Å². The maximum Gasteiger partial charge on any atom is 0.127 e. The Morgan fingerprint density at radius 1 is 1.40 bits per heavy atom. The summed E-state index contributed by atoms with van der Waals surface area (Å²) in [6, 6.07) is 3.52. The van der Waals surface area contributed by atoms with Crippen LogP contribution in [0.5, 0.6) is 0 Å². The number of likely N-dealkylation sites (tertiary alicyclic amines) is 1. The summed E-state index contributed by atoms with van der Waals surface area (Å²) >= 11 is 0. The number of aliphatic hydroxyl groups is 1. The van der Waals surface area contributed by atoms with Crippen LogP contribution in [0, 0.1) is 11.6 Å². The normalized spacial score (nSPS) is 31.1. The molecule has 0 saturated carbocycles. The minimum atomic E-state index is -0.512. The van der Waals surface area contributed by atoms with E-state index in [2.05, 4.69) is 0 Å². The van der Waals surface area contributed by atoms with Crippen molar-refractivity contribution in [1.82, 2.24) is 4.90 Å². The number of halogens is 2. The van der Waals surface area contributed by atoms with Crippen LogP contribution in [-0.2, 0) is 11.3 Å². The van der Waals surface area contributed by atoms with Crippen molar-refractivity contribution >= 4 is 0 Å². The molecule has 0 aliphatic carbocycles. The number of hydrogen-bond acceptors (Lipinski definition) is 3. The van der Waals surface area contributed by atoms with Gasteiger partial charge >= 0.3 is 0 Å². The van der Waals surface area contributed by atoms with Crippen molar-refractivity contribution in [3.05, 3.63) is 35.4 Å². The Balaban J connectivity index is 1.73. The lowest BCUT2D eigenvalue weighted by Gasteiger charge is -2.43. The summed E-state index contributed by atoms with van der Waals surface area (Å²) in [5.41, 5.74) is -0.156. The van der Waals surface area contributed by atoms with Gasteiger partial charge in [-0.1, -0.05) is 0 Å². The third-order valence-electron chi connectivity index (χ3n) is 4.35. The van der Waals surface area contributed by atoms with Gasteiger partial charge < -0.3 is 9.84 Å². The molecule has 0 bridgehead atoms. The van der Waals surface area contributed by atoms with Crippen molar-refractivity contribution in [3.8, 4) is 0 Å². The molecule has 110 valence electrons. The first kappa shape index (κ1) is 13.9. The first-order valence-corrected chi connectivity index (χ1v) is 7.07. The Bertz CT molecular complexity index is 489. The van der Waals surface area contributed by atoms with Crippen LogP contribution in [-0.4, -0.2) is 41.4 Å². The number of piperidine rings is 1. The van der Waals surface area contributed by atoms with Crippen LogP contribution in [0.15, 0.2) is 18.2 Å². The molecule has 1 N–H and O–H groups in total. The van der Waals surface area contributed by atoms with Crippen molar-refractivity contribution in [2.24, 2.45) is 0 Å². The molecule has 0 unspecified atom stereocenters. The lowest BCUT2D eigenvalue weighted by atomic mass is 9.87. The van der Waals surface area contributed by atoms with Crippen molar-refractivity contribution in [1.29, 1.82) is 0 Å². The van der Waals surface area contributed by atoms with Crippen LogP contribution in [0.3, 0.4) is 0 Å². The quantitative estimate of drug-likeness (QED) is 0.902. The molecule has 20 heavy (non-hydrogen) atoms. The molecule has 2 aliphatic rings. The van der Waals surface area contributed by atoms with Crippen LogP contribution < -0.4 is 0 Å². The van der Waals surface area contributed by atoms with Crippen LogP contribution in [0.4, 0.5) is 8.78 Å². The molecule has 2 atom stereocenters. The summed E-state index contributed by atoms with van der Waals surface area (Å²) < 4.78 is 32.7. The number of nitrogens with zero attached hydrogens (tertiary/aromatic N) is 1. The molecule has 3 rings (SSSR count). The van der Waals surface area contributed by atoms with Crippen molar-refractivity contribution in [2.75, 3.05) is 19.7 Å². The number of benzene rings is 1. The molecule has 5 heteroatoms. The second-order valence-electron chi connectivity index (χ2n) is 5.77. The van der Waals surface area contributed by atoms with E-state index in [0.29, 0.717) is 38.2 Å². The first-order valence-electron chi connectivity index (χ1n) is 7.07. The van der Waals surface area contributed by atoms with Crippen molar-refractivity contribution in [3.63, 3.8) is 0 Å². The second-order valence-corrected chi connectivity index (χ2v) is 5.77. The summed E-state index contributed by atoms with van der Waals surface area (Å²) in [5, 5.41) is 10.2. The van der Waals surface area contributed by atoms with E-state index in [0.717, 1.165) is 25.0 Å². The predicted octanol–water partition coefficient (Wildman–Crippen LogP) is 2.08. The third-order valence-corrected chi connectivity index (χ3v) is 4.35. The van der Waals surface area contributed by atoms with E-state index in [9.17, 15) is 13.9 Å². The van der Waals surface area contributed by atoms with Gasteiger partial charge in [0.1, 0.15) is 17.2 Å². The second kappa shape index (κ2) is 5.39. The van der Waals surface area contributed by atoms with Crippen molar-refractivity contribution < 1.29 is 18.6 Å². The molecular formula is C15H19F2NO2. The summed E-state index contributed by atoms with van der Waals surface area (Å²) in [6.45, 7) is 2.26. The molecule has 0 radical (unpaired) electrons. The Morgan fingerprint density at radius 3 is 3.00 bits per heavy atom. The van der Waals surface area contributed by atoms with Crippen LogP contribution in [0.1, 0.15) is 24.8 Å². The average molecular weight is 283 g/mol. The summed E-state index contributed by atoms with van der Waals surface area (Å²) in [6.07, 6.45) is 1.92. The fraction of sp³-hybridized carbons (Fsp3) is 0.600. The maximum atomic E-state index is 13.7.